The maximum Gasteiger partial charge on any atom is 0.327 e. The quantitative estimate of drug-likeness (QED) is 0.390. The van der Waals surface area contributed by atoms with E-state index in [1.54, 1.807) is 24.3 Å². The van der Waals surface area contributed by atoms with Crippen LogP contribution in [0.3, 0.4) is 0 Å². The molecule has 172 valence electrons. The lowest BCUT2D eigenvalue weighted by Crippen LogP contribution is -2.15. The minimum atomic E-state index is -0.762. The molecule has 1 amide bonds. The van der Waals surface area contributed by atoms with E-state index in [0.29, 0.717) is 29.2 Å². The number of hydrogen-bond acceptors (Lipinski definition) is 8. The second-order valence-corrected chi connectivity index (χ2v) is 6.77. The van der Waals surface area contributed by atoms with Crippen LogP contribution in [0.15, 0.2) is 41.2 Å². The minimum absolute atomic E-state index is 0.00363. The third kappa shape index (κ3) is 4.76. The molecule has 2 aromatic carbocycles. The maximum atomic E-state index is 13.0. The Kier molecular flexibility index (Phi) is 6.91. The fourth-order valence-electron chi connectivity index (χ4n) is 3.26. The van der Waals surface area contributed by atoms with Crippen LogP contribution < -0.4 is 25.1 Å². The van der Waals surface area contributed by atoms with Gasteiger partial charge in [-0.15, -0.1) is 0 Å². The Labute approximate surface area is 188 Å². The van der Waals surface area contributed by atoms with Gasteiger partial charge < -0.3 is 24.5 Å². The lowest BCUT2D eigenvalue weighted by Gasteiger charge is -2.15. The predicted octanol–water partition coefficient (Wildman–Crippen LogP) is 3.19. The molecule has 2 N–H and O–H groups in total. The standard InChI is InChI=1S/C22H22N4O7/c1-5-13-10-17(27)25-21(23-13)12-7-6-8-14(9-12)24-22(28)15-11-16(31-2)19(32-3)20(33-4)18(15)26(29)30/h6-11H,5H2,1-4H3,(H,24,28)(H,23,25,27). The zero-order chi connectivity index (χ0) is 24.1. The summed E-state index contributed by atoms with van der Waals surface area (Å²) < 4.78 is 15.5. The van der Waals surface area contributed by atoms with Gasteiger partial charge in [0, 0.05) is 29.1 Å². The monoisotopic (exact) mass is 454 g/mol. The number of ether oxygens (including phenoxy) is 3. The average molecular weight is 454 g/mol. The van der Waals surface area contributed by atoms with Gasteiger partial charge in [0.25, 0.3) is 11.5 Å². The van der Waals surface area contributed by atoms with Gasteiger partial charge in [0.05, 0.1) is 26.3 Å². The highest BCUT2D eigenvalue weighted by molar-refractivity contribution is 6.08. The molecular weight excluding hydrogens is 432 g/mol. The van der Waals surface area contributed by atoms with Crippen molar-refractivity contribution in [2.75, 3.05) is 26.6 Å². The normalized spacial score (nSPS) is 10.4. The molecule has 11 heteroatoms. The third-order valence-corrected chi connectivity index (χ3v) is 4.78. The number of aromatic amines is 1. The van der Waals surface area contributed by atoms with Crippen molar-refractivity contribution in [1.82, 2.24) is 9.97 Å². The summed E-state index contributed by atoms with van der Waals surface area (Å²) in [5.74, 6) is -0.567. The summed E-state index contributed by atoms with van der Waals surface area (Å²) in [5.41, 5.74) is 0.380. The van der Waals surface area contributed by atoms with Gasteiger partial charge in [-0.2, -0.15) is 0 Å². The van der Waals surface area contributed by atoms with Crippen molar-refractivity contribution >= 4 is 17.3 Å². The predicted molar refractivity (Wildman–Crippen MR) is 120 cm³/mol. The summed E-state index contributed by atoms with van der Waals surface area (Å²) in [6.07, 6.45) is 0.581. The maximum absolute atomic E-state index is 13.0. The largest absolute Gasteiger partial charge is 0.493 e. The summed E-state index contributed by atoms with van der Waals surface area (Å²) in [6, 6.07) is 9.20. The Balaban J connectivity index is 2.03. The van der Waals surface area contributed by atoms with E-state index in [1.165, 1.54) is 33.5 Å². The molecule has 0 unspecified atom stereocenters. The van der Waals surface area contributed by atoms with Crippen LogP contribution in [0.1, 0.15) is 23.0 Å². The van der Waals surface area contributed by atoms with Crippen LogP contribution in [0, 0.1) is 10.1 Å². The first-order chi connectivity index (χ1) is 15.8. The van der Waals surface area contributed by atoms with E-state index in [-0.39, 0.29) is 28.4 Å². The van der Waals surface area contributed by atoms with Gasteiger partial charge in [0.1, 0.15) is 11.4 Å². The number of hydrogen-bond donors (Lipinski definition) is 2. The number of methoxy groups -OCH3 is 3. The molecule has 1 heterocycles. The number of aromatic nitrogens is 2. The first kappa shape index (κ1) is 23.3. The number of nitro groups is 1. The number of carbonyl (C=O) groups excluding carboxylic acids is 1. The molecular formula is C22H22N4O7. The average Bonchev–Trinajstić information content (AvgIpc) is 2.81. The molecule has 3 aromatic rings. The van der Waals surface area contributed by atoms with Gasteiger partial charge in [-0.3, -0.25) is 19.7 Å². The zero-order valence-electron chi connectivity index (χ0n) is 18.4. The molecule has 0 fully saturated rings. The van der Waals surface area contributed by atoms with Gasteiger partial charge >= 0.3 is 5.69 Å². The summed E-state index contributed by atoms with van der Waals surface area (Å²) in [5, 5.41) is 14.4. The van der Waals surface area contributed by atoms with Gasteiger partial charge in [-0.1, -0.05) is 19.1 Å². The van der Waals surface area contributed by atoms with Crippen LogP contribution in [0.4, 0.5) is 11.4 Å². The van der Waals surface area contributed by atoms with E-state index in [9.17, 15) is 19.7 Å². The summed E-state index contributed by atoms with van der Waals surface area (Å²) in [7, 11) is 3.88. The van der Waals surface area contributed by atoms with Crippen molar-refractivity contribution in [2.45, 2.75) is 13.3 Å². The second-order valence-electron chi connectivity index (χ2n) is 6.77. The molecule has 0 spiro atoms. The number of amides is 1. The van der Waals surface area contributed by atoms with Crippen LogP contribution in [-0.2, 0) is 6.42 Å². The van der Waals surface area contributed by atoms with Gasteiger partial charge in [0.15, 0.2) is 5.75 Å². The fourth-order valence-corrected chi connectivity index (χ4v) is 3.26. The van der Waals surface area contributed by atoms with Crippen molar-refractivity contribution in [1.29, 1.82) is 0 Å². The van der Waals surface area contributed by atoms with Crippen LogP contribution in [-0.4, -0.2) is 42.1 Å². The number of H-pyrrole nitrogens is 1. The second kappa shape index (κ2) is 9.81. The number of nitrogens with one attached hydrogen (secondary N) is 2. The van der Waals surface area contributed by atoms with Gasteiger partial charge in [0.2, 0.25) is 11.5 Å². The van der Waals surface area contributed by atoms with Crippen LogP contribution in [0.25, 0.3) is 11.4 Å². The highest BCUT2D eigenvalue weighted by atomic mass is 16.6. The number of anilines is 1. The molecule has 0 aliphatic carbocycles. The summed E-state index contributed by atoms with van der Waals surface area (Å²) >= 11 is 0. The molecule has 11 nitrogen and oxygen atoms in total. The highest BCUT2D eigenvalue weighted by Gasteiger charge is 2.32. The third-order valence-electron chi connectivity index (χ3n) is 4.78. The van der Waals surface area contributed by atoms with Crippen molar-refractivity contribution in [3.63, 3.8) is 0 Å². The summed E-state index contributed by atoms with van der Waals surface area (Å²) in [4.78, 5) is 43.0. The molecule has 0 saturated carbocycles. The van der Waals surface area contributed by atoms with E-state index >= 15 is 0 Å². The SMILES string of the molecule is CCc1cc(=O)[nH]c(-c2cccc(NC(=O)c3cc(OC)c(OC)c(OC)c3[N+](=O)[O-])c2)n1. The number of nitro benzene ring substituents is 1. The Hall–Kier alpha value is -4.41. The van der Waals surface area contributed by atoms with E-state index < -0.39 is 16.5 Å². The van der Waals surface area contributed by atoms with Gasteiger partial charge in [-0.05, 0) is 18.6 Å². The van der Waals surface area contributed by atoms with Crippen molar-refractivity contribution < 1.29 is 23.9 Å². The highest BCUT2D eigenvalue weighted by Crippen LogP contribution is 2.46. The first-order valence-electron chi connectivity index (χ1n) is 9.82. The number of aryl methyl sites for hydroxylation is 1. The molecule has 0 aliphatic heterocycles. The Morgan fingerprint density at radius 2 is 1.85 bits per heavy atom. The number of carbonyl (C=O) groups is 1. The molecule has 0 aliphatic rings. The molecule has 0 bridgehead atoms. The molecule has 33 heavy (non-hydrogen) atoms. The molecule has 0 saturated heterocycles. The lowest BCUT2D eigenvalue weighted by molar-refractivity contribution is -0.386. The molecule has 3 rings (SSSR count). The molecule has 0 atom stereocenters. The minimum Gasteiger partial charge on any atom is -0.493 e. The number of benzene rings is 2. The molecule has 1 aromatic heterocycles. The number of nitrogens with zero attached hydrogens (tertiary/aromatic N) is 2. The van der Waals surface area contributed by atoms with Crippen LogP contribution >= 0.6 is 0 Å². The Bertz CT molecular complexity index is 1270. The Morgan fingerprint density at radius 3 is 2.45 bits per heavy atom. The van der Waals surface area contributed by atoms with E-state index in [1.807, 2.05) is 6.92 Å². The summed E-state index contributed by atoms with van der Waals surface area (Å²) in [6.45, 7) is 1.88. The fraction of sp³-hybridized carbons (Fsp3) is 0.227. The smallest absolute Gasteiger partial charge is 0.327 e. The van der Waals surface area contributed by atoms with E-state index in [4.69, 9.17) is 14.2 Å². The lowest BCUT2D eigenvalue weighted by atomic mass is 10.1. The Morgan fingerprint density at radius 1 is 1.12 bits per heavy atom. The van der Waals surface area contributed by atoms with E-state index in [2.05, 4.69) is 15.3 Å². The van der Waals surface area contributed by atoms with Gasteiger partial charge in [-0.25, -0.2) is 4.98 Å². The zero-order valence-corrected chi connectivity index (χ0v) is 18.4. The van der Waals surface area contributed by atoms with Crippen molar-refractivity contribution in [2.24, 2.45) is 0 Å². The van der Waals surface area contributed by atoms with Crippen molar-refractivity contribution in [3.05, 3.63) is 68.1 Å². The number of rotatable bonds is 8. The van der Waals surface area contributed by atoms with Crippen LogP contribution in [0.2, 0.25) is 0 Å². The topological polar surface area (TPSA) is 146 Å². The van der Waals surface area contributed by atoms with E-state index in [0.717, 1.165) is 0 Å². The van der Waals surface area contributed by atoms with Crippen LogP contribution in [0.5, 0.6) is 17.2 Å². The van der Waals surface area contributed by atoms with Crippen molar-refractivity contribution in [3.8, 4) is 28.6 Å². The first-order valence-corrected chi connectivity index (χ1v) is 9.82. The molecule has 0 radical (unpaired) electrons.